The Morgan fingerprint density at radius 1 is 1.06 bits per heavy atom. The number of hydrogen-bond donors (Lipinski definition) is 6. The maximum atomic E-state index is 12.6. The largest absolute Gasteiger partial charge is 0.504 e. The Kier molecular flexibility index (Phi) is 6.63. The van der Waals surface area contributed by atoms with E-state index < -0.39 is 59.3 Å². The van der Waals surface area contributed by atoms with Crippen LogP contribution in [0.2, 0.25) is 0 Å². The van der Waals surface area contributed by atoms with Gasteiger partial charge in [0.25, 0.3) is 5.91 Å². The molecule has 5 atom stereocenters. The Morgan fingerprint density at radius 2 is 1.77 bits per heavy atom. The molecule has 35 heavy (non-hydrogen) atoms. The Balaban J connectivity index is 1.71. The number of amides is 1. The lowest BCUT2D eigenvalue weighted by Crippen LogP contribution is -2.62. The molecular formula is C24H21NO10. The van der Waals surface area contributed by atoms with Crippen molar-refractivity contribution in [2.24, 2.45) is 0 Å². The Hall–Kier alpha value is -4.08. The molecule has 1 fully saturated rings. The van der Waals surface area contributed by atoms with Gasteiger partial charge in [-0.05, 0) is 0 Å². The number of ether oxygens (including phenoxy) is 2. The molecule has 2 aromatic carbocycles. The highest BCUT2D eigenvalue weighted by Crippen LogP contribution is 2.42. The van der Waals surface area contributed by atoms with Crippen LogP contribution >= 0.6 is 0 Å². The van der Waals surface area contributed by atoms with Crippen LogP contribution in [-0.2, 0) is 9.53 Å². The number of phenolic OH excluding ortho intramolecular Hbond substituents is 2. The minimum Gasteiger partial charge on any atom is -0.504 e. The number of aromatic hydroxyl groups is 2. The summed E-state index contributed by atoms with van der Waals surface area (Å²) in [6, 6.07) is 10.9. The fourth-order valence-corrected chi connectivity index (χ4v) is 3.63. The zero-order valence-electron chi connectivity index (χ0n) is 18.0. The maximum absolute atomic E-state index is 12.6. The molecule has 2 heterocycles. The van der Waals surface area contributed by atoms with E-state index in [1.54, 1.807) is 30.3 Å². The Labute approximate surface area is 197 Å². The number of rotatable bonds is 5. The van der Waals surface area contributed by atoms with E-state index in [-0.39, 0.29) is 23.3 Å². The van der Waals surface area contributed by atoms with Gasteiger partial charge in [-0.3, -0.25) is 9.59 Å². The van der Waals surface area contributed by atoms with Crippen LogP contribution in [-0.4, -0.2) is 68.7 Å². The number of hydrogen-bond acceptors (Lipinski definition) is 10. The first-order valence-corrected chi connectivity index (χ1v) is 10.4. The molecule has 11 nitrogen and oxygen atoms in total. The standard InChI is InChI=1S/C24H21NO10/c1-2-8-25-23(32)22-20(30)19(29)21(31)24(35-22)34-15-10-14-16(18(28)17(15)27)12(26)9-13(33-14)11-6-4-3-5-7-11/h1,3-7,9-10,19-22,24,27-31H,8H2,(H,25,32)/t19-,20-,21+,22-,24+/m0/s1. The first-order valence-electron chi connectivity index (χ1n) is 10.4. The van der Waals surface area contributed by atoms with Crippen molar-refractivity contribution in [3.63, 3.8) is 0 Å². The van der Waals surface area contributed by atoms with E-state index in [0.717, 1.165) is 12.1 Å². The van der Waals surface area contributed by atoms with Crippen LogP contribution in [0.1, 0.15) is 0 Å². The van der Waals surface area contributed by atoms with E-state index in [1.807, 2.05) is 0 Å². The van der Waals surface area contributed by atoms with Crippen molar-refractivity contribution in [3.8, 4) is 40.9 Å². The van der Waals surface area contributed by atoms with Crippen molar-refractivity contribution in [1.82, 2.24) is 5.32 Å². The summed E-state index contributed by atoms with van der Waals surface area (Å²) in [5.74, 6) is -0.740. The fraction of sp³-hybridized carbons (Fsp3) is 0.250. The molecule has 4 rings (SSSR count). The number of carbonyl (C=O) groups excluding carboxylic acids is 1. The smallest absolute Gasteiger partial charge is 0.252 e. The minimum atomic E-state index is -1.87. The van der Waals surface area contributed by atoms with Gasteiger partial charge in [-0.15, -0.1) is 6.42 Å². The molecule has 0 spiro atoms. The quantitative estimate of drug-likeness (QED) is 0.210. The zero-order chi connectivity index (χ0) is 25.3. The van der Waals surface area contributed by atoms with Crippen LogP contribution in [0.15, 0.2) is 51.7 Å². The summed E-state index contributed by atoms with van der Waals surface area (Å²) in [5, 5.41) is 53.5. The summed E-state index contributed by atoms with van der Waals surface area (Å²) in [6.07, 6.45) is -3.90. The first-order chi connectivity index (χ1) is 16.7. The topological polar surface area (TPSA) is 179 Å². The van der Waals surface area contributed by atoms with Gasteiger partial charge in [-0.1, -0.05) is 36.3 Å². The molecule has 1 saturated heterocycles. The van der Waals surface area contributed by atoms with Gasteiger partial charge in [0, 0.05) is 17.7 Å². The highest BCUT2D eigenvalue weighted by atomic mass is 16.7. The number of carbonyl (C=O) groups is 1. The van der Waals surface area contributed by atoms with Crippen LogP contribution in [0, 0.1) is 12.3 Å². The van der Waals surface area contributed by atoms with Crippen molar-refractivity contribution in [3.05, 3.63) is 52.7 Å². The molecule has 1 aromatic heterocycles. The molecule has 0 saturated carbocycles. The lowest BCUT2D eigenvalue weighted by Gasteiger charge is -2.39. The summed E-state index contributed by atoms with van der Waals surface area (Å²) in [6.45, 7) is -0.183. The molecule has 1 aliphatic rings. The Bertz CT molecular complexity index is 1350. The van der Waals surface area contributed by atoms with Crippen LogP contribution in [0.4, 0.5) is 0 Å². The summed E-state index contributed by atoms with van der Waals surface area (Å²) in [7, 11) is 0. The maximum Gasteiger partial charge on any atom is 0.252 e. The lowest BCUT2D eigenvalue weighted by atomic mass is 9.98. The predicted molar refractivity (Wildman–Crippen MR) is 120 cm³/mol. The van der Waals surface area contributed by atoms with Crippen LogP contribution in [0.5, 0.6) is 17.2 Å². The van der Waals surface area contributed by atoms with E-state index in [0.29, 0.717) is 5.56 Å². The van der Waals surface area contributed by atoms with Crippen LogP contribution in [0.3, 0.4) is 0 Å². The van der Waals surface area contributed by atoms with Gasteiger partial charge in [-0.25, -0.2) is 0 Å². The summed E-state index contributed by atoms with van der Waals surface area (Å²) >= 11 is 0. The molecule has 0 radical (unpaired) electrons. The number of aliphatic hydroxyl groups excluding tert-OH is 3. The summed E-state index contributed by atoms with van der Waals surface area (Å²) < 4.78 is 16.5. The van der Waals surface area contributed by atoms with Gasteiger partial charge in [0.2, 0.25) is 12.0 Å². The normalized spacial score (nSPS) is 24.0. The van der Waals surface area contributed by atoms with E-state index in [2.05, 4.69) is 11.2 Å². The number of terminal acetylenes is 1. The number of phenols is 2. The minimum absolute atomic E-state index is 0.157. The number of aliphatic hydroxyl groups is 3. The van der Waals surface area contributed by atoms with E-state index in [4.69, 9.17) is 20.3 Å². The van der Waals surface area contributed by atoms with Gasteiger partial charge < -0.3 is 44.7 Å². The lowest BCUT2D eigenvalue weighted by molar-refractivity contribution is -0.266. The molecule has 3 aromatic rings. The van der Waals surface area contributed by atoms with Crippen molar-refractivity contribution < 1.29 is 44.2 Å². The second-order valence-corrected chi connectivity index (χ2v) is 7.72. The predicted octanol–water partition coefficient (Wildman–Crippen LogP) is -0.193. The molecule has 0 aliphatic carbocycles. The molecule has 1 aliphatic heterocycles. The van der Waals surface area contributed by atoms with Gasteiger partial charge in [0.15, 0.2) is 23.0 Å². The van der Waals surface area contributed by atoms with Gasteiger partial charge in [-0.2, -0.15) is 0 Å². The number of benzene rings is 2. The van der Waals surface area contributed by atoms with Crippen molar-refractivity contribution in [2.75, 3.05) is 6.54 Å². The third kappa shape index (κ3) is 4.51. The molecule has 11 heteroatoms. The number of fused-ring (bicyclic) bond motifs is 1. The zero-order valence-corrected chi connectivity index (χ0v) is 18.0. The van der Waals surface area contributed by atoms with E-state index in [1.165, 1.54) is 0 Å². The molecule has 6 N–H and O–H groups in total. The van der Waals surface area contributed by atoms with E-state index >= 15 is 0 Å². The van der Waals surface area contributed by atoms with Gasteiger partial charge in [0.1, 0.15) is 35.0 Å². The second-order valence-electron chi connectivity index (χ2n) is 7.72. The van der Waals surface area contributed by atoms with Gasteiger partial charge in [0.05, 0.1) is 6.54 Å². The second kappa shape index (κ2) is 9.65. The van der Waals surface area contributed by atoms with Crippen molar-refractivity contribution in [2.45, 2.75) is 30.7 Å². The summed E-state index contributed by atoms with van der Waals surface area (Å²) in [4.78, 5) is 24.9. The van der Waals surface area contributed by atoms with Crippen molar-refractivity contribution in [1.29, 1.82) is 0 Å². The highest BCUT2D eigenvalue weighted by Gasteiger charge is 2.48. The molecule has 182 valence electrons. The average Bonchev–Trinajstić information content (AvgIpc) is 2.85. The number of nitrogens with one attached hydrogen (secondary N) is 1. The first kappa shape index (κ1) is 24.1. The van der Waals surface area contributed by atoms with Crippen LogP contribution < -0.4 is 15.5 Å². The fourth-order valence-electron chi connectivity index (χ4n) is 3.63. The Morgan fingerprint density at radius 3 is 2.46 bits per heavy atom. The molecule has 1 amide bonds. The molecular weight excluding hydrogens is 462 g/mol. The average molecular weight is 483 g/mol. The molecule has 0 bridgehead atoms. The van der Waals surface area contributed by atoms with Crippen LogP contribution in [0.25, 0.3) is 22.3 Å². The van der Waals surface area contributed by atoms with Crippen molar-refractivity contribution >= 4 is 16.9 Å². The third-order valence-electron chi connectivity index (χ3n) is 5.43. The molecule has 0 unspecified atom stereocenters. The van der Waals surface area contributed by atoms with Gasteiger partial charge >= 0.3 is 0 Å². The summed E-state index contributed by atoms with van der Waals surface area (Å²) in [5.41, 5.74) is -0.219. The monoisotopic (exact) mass is 483 g/mol. The van der Waals surface area contributed by atoms with E-state index in [9.17, 15) is 35.1 Å². The third-order valence-corrected chi connectivity index (χ3v) is 5.43. The SMILES string of the molecule is C#CCNC(=O)[C@H]1O[C@@H](Oc2cc3oc(-c4ccccc4)cc(=O)c3c(O)c2O)[C@H](O)[C@@H](O)[C@@H]1O. The highest BCUT2D eigenvalue weighted by molar-refractivity contribution is 5.89.